The summed E-state index contributed by atoms with van der Waals surface area (Å²) < 4.78 is 33.4. The predicted octanol–water partition coefficient (Wildman–Crippen LogP) is 7.62. The minimum absolute atomic E-state index is 0.0452. The molecule has 4 aliphatic heterocycles. The number of nitrogens with zero attached hydrogens (tertiary/aromatic N) is 5. The zero-order chi connectivity index (χ0) is 48.7. The maximum Gasteiger partial charge on any atom is 0.324 e. The molecule has 1 aromatic carbocycles. The Hall–Kier alpha value is -4.29. The van der Waals surface area contributed by atoms with Crippen molar-refractivity contribution in [1.29, 1.82) is 0 Å². The molecule has 6 bridgehead atoms. The van der Waals surface area contributed by atoms with Gasteiger partial charge >= 0.3 is 5.97 Å². The Morgan fingerprint density at radius 1 is 1.09 bits per heavy atom. The van der Waals surface area contributed by atoms with Crippen LogP contribution in [-0.4, -0.2) is 126 Å². The topological polar surface area (TPSA) is 159 Å². The van der Waals surface area contributed by atoms with E-state index in [-0.39, 0.29) is 55.0 Å². The lowest BCUT2D eigenvalue weighted by Gasteiger charge is -2.42. The second kappa shape index (κ2) is 20.8. The summed E-state index contributed by atoms with van der Waals surface area (Å²) in [6.45, 7) is 21.9. The summed E-state index contributed by atoms with van der Waals surface area (Å²) in [6, 6.07) is 7.42. The highest BCUT2D eigenvalue weighted by Crippen LogP contribution is 2.47. The smallest absolute Gasteiger partial charge is 0.324 e. The highest BCUT2D eigenvalue weighted by Gasteiger charge is 2.50. The molecule has 0 spiro atoms. The highest BCUT2D eigenvalue weighted by atomic mass is 32.1. The summed E-state index contributed by atoms with van der Waals surface area (Å²) in [7, 11) is 1.73. The lowest BCUT2D eigenvalue weighted by atomic mass is 9.82. The molecule has 5 aliphatic rings. The van der Waals surface area contributed by atoms with E-state index in [9.17, 15) is 14.4 Å². The summed E-state index contributed by atoms with van der Waals surface area (Å²) in [5, 5.41) is 8.23. The van der Waals surface area contributed by atoms with Crippen LogP contribution >= 0.6 is 11.3 Å². The molecule has 9 rings (SSSR count). The molecule has 3 saturated heterocycles. The van der Waals surface area contributed by atoms with E-state index in [1.807, 2.05) is 12.3 Å². The number of piperidine rings is 1. The Balaban J connectivity index is 1.21. The van der Waals surface area contributed by atoms with Crippen molar-refractivity contribution in [1.82, 2.24) is 35.2 Å². The number of ether oxygens (including phenoxy) is 5. The minimum atomic E-state index is -1.09. The van der Waals surface area contributed by atoms with Crippen molar-refractivity contribution in [2.75, 3.05) is 59.8 Å². The molecule has 69 heavy (non-hydrogen) atoms. The molecule has 2 N–H and O–H groups in total. The maximum atomic E-state index is 14.7. The second-order valence-corrected chi connectivity index (χ2v) is 22.0. The molecule has 0 radical (unpaired) electrons. The lowest BCUT2D eigenvalue weighted by Crippen LogP contribution is -2.61. The van der Waals surface area contributed by atoms with Gasteiger partial charge in [0.15, 0.2) is 0 Å². The molecule has 9 atom stereocenters. The number of fused-ring (bicyclic) bond motifs is 7. The third kappa shape index (κ3) is 10.4. The van der Waals surface area contributed by atoms with Gasteiger partial charge in [0, 0.05) is 84.3 Å². The van der Waals surface area contributed by atoms with Gasteiger partial charge < -0.3 is 33.6 Å². The SMILES string of the molecule is CCO[C@@H]1c2nc(cs2)-c2ccc3c(c2)c(c(-c2cc([C@@H]4CCN5CCOC[C@H]5C4)cnc2[C@H](C)OC)n3CCOC(C)C)CC(C)(C)COC(=O)[C@@H]2CCCN(N2)C(=O)[C@H]1NC(=O)[C@H]1[C@H](C)[C@@H]1C. The lowest BCUT2D eigenvalue weighted by molar-refractivity contribution is -0.156. The maximum absolute atomic E-state index is 14.7. The number of hydrogen-bond acceptors (Lipinski definition) is 13. The number of pyridine rings is 1. The zero-order valence-corrected chi connectivity index (χ0v) is 42.9. The number of benzene rings is 1. The standard InChI is InChI=1S/C53H73N7O8S/c1-10-66-48-46(56-49(61)44-31(4)32(44)5)51(62)60-16-11-12-41(57-60)52(63)68-29-53(7,8)25-40-38-23-35(42-28-69-50(48)55-42)13-14-43(38)59(19-21-67-30(2)3)47(40)39-24-36(26-54-45(39)33(6)64-9)34-15-17-58-18-20-65-27-37(58)22-34/h13-14,23-24,26,28,30-34,37,41,44,46,48,57H,10-12,15-22,25,27,29H2,1-9H3,(H,56,61)/t31-,32+,33-,34+,37+,41-,44+,46-,48-/m0/s1. The van der Waals surface area contributed by atoms with Gasteiger partial charge in [-0.3, -0.25) is 29.3 Å². The van der Waals surface area contributed by atoms with Gasteiger partial charge in [-0.2, -0.15) is 0 Å². The van der Waals surface area contributed by atoms with Crippen molar-refractivity contribution in [3.05, 3.63) is 57.7 Å². The second-order valence-electron chi connectivity index (χ2n) is 21.1. The van der Waals surface area contributed by atoms with Crippen LogP contribution in [0.15, 0.2) is 35.8 Å². The van der Waals surface area contributed by atoms with Crippen molar-refractivity contribution in [3.8, 4) is 22.5 Å². The predicted molar refractivity (Wildman–Crippen MR) is 265 cm³/mol. The largest absolute Gasteiger partial charge is 0.464 e. The molecule has 374 valence electrons. The molecular weight excluding hydrogens is 895 g/mol. The Morgan fingerprint density at radius 2 is 1.90 bits per heavy atom. The fourth-order valence-corrected chi connectivity index (χ4v) is 12.1. The average molecular weight is 968 g/mol. The summed E-state index contributed by atoms with van der Waals surface area (Å²) in [6.07, 6.45) is 4.62. The number of rotatable bonds is 12. The van der Waals surface area contributed by atoms with Crippen molar-refractivity contribution < 1.29 is 38.1 Å². The number of aromatic nitrogens is 3. The van der Waals surface area contributed by atoms with Crippen LogP contribution in [0.3, 0.4) is 0 Å². The molecule has 1 saturated carbocycles. The first-order valence-corrected chi connectivity index (χ1v) is 26.3. The van der Waals surface area contributed by atoms with Crippen molar-refractivity contribution in [3.63, 3.8) is 0 Å². The van der Waals surface area contributed by atoms with Crippen LogP contribution in [0.1, 0.15) is 121 Å². The van der Waals surface area contributed by atoms with E-state index in [2.05, 4.69) is 99.1 Å². The van der Waals surface area contributed by atoms with E-state index in [1.165, 1.54) is 21.9 Å². The Morgan fingerprint density at radius 3 is 2.65 bits per heavy atom. The number of morpholine rings is 1. The van der Waals surface area contributed by atoms with Gasteiger partial charge in [-0.05, 0) is 113 Å². The molecule has 0 unspecified atom stereocenters. The van der Waals surface area contributed by atoms with Gasteiger partial charge in [-0.25, -0.2) is 10.4 Å². The van der Waals surface area contributed by atoms with E-state index >= 15 is 0 Å². The van der Waals surface area contributed by atoms with Crippen LogP contribution < -0.4 is 10.7 Å². The quantitative estimate of drug-likeness (QED) is 0.134. The molecule has 4 aromatic rings. The molecule has 15 nitrogen and oxygen atoms in total. The fourth-order valence-electron chi connectivity index (χ4n) is 11.2. The first-order valence-electron chi connectivity index (χ1n) is 25.4. The Labute approximate surface area is 411 Å². The van der Waals surface area contributed by atoms with Gasteiger partial charge in [0.25, 0.3) is 5.91 Å². The van der Waals surface area contributed by atoms with Crippen molar-refractivity contribution in [2.45, 2.75) is 136 Å². The Bertz CT molecular complexity index is 2500. The van der Waals surface area contributed by atoms with Gasteiger partial charge in [0.05, 0.1) is 55.7 Å². The number of nitrogens with one attached hydrogen (secondary N) is 2. The van der Waals surface area contributed by atoms with Crippen LogP contribution in [-0.2, 0) is 51.0 Å². The molecular formula is C53H73N7O8S. The normalized spacial score (nSPS) is 28.0. The number of carbonyl (C=O) groups excluding carboxylic acids is 3. The van der Waals surface area contributed by atoms with Crippen LogP contribution in [0, 0.1) is 23.2 Å². The fraction of sp³-hybridized carbons (Fsp3) is 0.642. The molecule has 1 aliphatic carbocycles. The molecule has 7 heterocycles. The van der Waals surface area contributed by atoms with Crippen molar-refractivity contribution >= 4 is 40.0 Å². The number of hydrogen-bond donors (Lipinski definition) is 2. The molecule has 16 heteroatoms. The van der Waals surface area contributed by atoms with Gasteiger partial charge in [0.1, 0.15) is 23.2 Å². The van der Waals surface area contributed by atoms with E-state index in [0.717, 1.165) is 83.8 Å². The van der Waals surface area contributed by atoms with Gasteiger partial charge in [0.2, 0.25) is 5.91 Å². The Kier molecular flexibility index (Phi) is 15.0. The average Bonchev–Trinajstić information content (AvgIpc) is 3.60. The number of amides is 2. The van der Waals surface area contributed by atoms with Gasteiger partial charge in [-0.1, -0.05) is 33.8 Å². The summed E-state index contributed by atoms with van der Waals surface area (Å²) in [5.41, 5.74) is 10.6. The summed E-state index contributed by atoms with van der Waals surface area (Å²) in [5.74, 6) is -0.461. The van der Waals surface area contributed by atoms with E-state index in [0.29, 0.717) is 55.9 Å². The van der Waals surface area contributed by atoms with E-state index in [4.69, 9.17) is 33.7 Å². The number of thiazole rings is 1. The zero-order valence-electron chi connectivity index (χ0n) is 42.0. The molecule has 4 fully saturated rings. The monoisotopic (exact) mass is 968 g/mol. The summed E-state index contributed by atoms with van der Waals surface area (Å²) in [4.78, 5) is 55.8. The number of esters is 1. The molecule has 2 amide bonds. The third-order valence-corrected chi connectivity index (χ3v) is 16.3. The van der Waals surface area contributed by atoms with E-state index < -0.39 is 29.6 Å². The van der Waals surface area contributed by atoms with E-state index in [1.54, 1.807) is 7.11 Å². The van der Waals surface area contributed by atoms with Crippen LogP contribution in [0.4, 0.5) is 0 Å². The minimum Gasteiger partial charge on any atom is -0.464 e. The highest BCUT2D eigenvalue weighted by molar-refractivity contribution is 7.10. The van der Waals surface area contributed by atoms with Crippen molar-refractivity contribution in [2.24, 2.45) is 23.2 Å². The number of carbonyl (C=O) groups is 3. The van der Waals surface area contributed by atoms with Crippen LogP contribution in [0.25, 0.3) is 33.4 Å². The third-order valence-electron chi connectivity index (χ3n) is 15.4. The first kappa shape index (κ1) is 49.7. The molecule has 3 aromatic heterocycles. The number of cyclic esters (lactones) is 1. The van der Waals surface area contributed by atoms with Crippen LogP contribution in [0.2, 0.25) is 0 Å². The number of hydrazine groups is 1. The summed E-state index contributed by atoms with van der Waals surface area (Å²) >= 11 is 1.41. The first-order chi connectivity index (χ1) is 33.2. The number of methoxy groups -OCH3 is 1. The van der Waals surface area contributed by atoms with Gasteiger partial charge in [-0.15, -0.1) is 11.3 Å². The van der Waals surface area contributed by atoms with Crippen LogP contribution in [0.5, 0.6) is 0 Å².